The number of hydrogen-bond donors (Lipinski definition) is 1. The summed E-state index contributed by atoms with van der Waals surface area (Å²) >= 11 is 0. The topological polar surface area (TPSA) is 54.7 Å². The largest absolute Gasteiger partial charge is 0.423 e. The summed E-state index contributed by atoms with van der Waals surface area (Å²) in [6.45, 7) is 12.6. The number of aryl methyl sites for hydroxylation is 1. The molecule has 0 amide bonds. The van der Waals surface area contributed by atoms with Gasteiger partial charge in [0.05, 0.1) is 13.2 Å². The zero-order valence-corrected chi connectivity index (χ0v) is 15.4. The molecule has 25 heavy (non-hydrogen) atoms. The normalized spacial score (nSPS) is 16.0. The standard InChI is InChI=1S/C20H28N2O3/c1-14(2)17-12-18-16(11-20(23)25-19(18)10-15(17)3)13-21-4-5-22-6-8-24-9-7-22/h10-12,14,21H,4-9,13H2,1-3H3. The van der Waals surface area contributed by atoms with Crippen LogP contribution in [-0.4, -0.2) is 44.3 Å². The van der Waals surface area contributed by atoms with Crippen molar-refractivity contribution in [1.82, 2.24) is 10.2 Å². The maximum atomic E-state index is 11.9. The highest BCUT2D eigenvalue weighted by atomic mass is 16.5. The van der Waals surface area contributed by atoms with E-state index in [4.69, 9.17) is 9.15 Å². The molecular formula is C20H28N2O3. The van der Waals surface area contributed by atoms with Gasteiger partial charge in [0.1, 0.15) is 5.58 Å². The van der Waals surface area contributed by atoms with Crippen molar-refractivity contribution < 1.29 is 9.15 Å². The Bertz CT molecular complexity index is 776. The van der Waals surface area contributed by atoms with Gasteiger partial charge in [-0.2, -0.15) is 0 Å². The highest BCUT2D eigenvalue weighted by Gasteiger charge is 2.12. The van der Waals surface area contributed by atoms with Crippen molar-refractivity contribution in [2.45, 2.75) is 33.2 Å². The van der Waals surface area contributed by atoms with Crippen molar-refractivity contribution in [3.63, 3.8) is 0 Å². The number of rotatable bonds is 6. The molecule has 0 bridgehead atoms. The van der Waals surface area contributed by atoms with Gasteiger partial charge in [-0.05, 0) is 41.7 Å². The number of ether oxygens (including phenoxy) is 1. The van der Waals surface area contributed by atoms with Gasteiger partial charge in [0.2, 0.25) is 0 Å². The fourth-order valence-electron chi connectivity index (χ4n) is 3.44. The second-order valence-corrected chi connectivity index (χ2v) is 7.08. The molecule has 0 unspecified atom stereocenters. The van der Waals surface area contributed by atoms with Crippen LogP contribution in [0.2, 0.25) is 0 Å². The SMILES string of the molecule is Cc1cc2oc(=O)cc(CNCCN3CCOCC3)c2cc1C(C)C. The zero-order valence-electron chi connectivity index (χ0n) is 15.4. The summed E-state index contributed by atoms with van der Waals surface area (Å²) in [6.07, 6.45) is 0. The van der Waals surface area contributed by atoms with Crippen molar-refractivity contribution in [1.29, 1.82) is 0 Å². The molecule has 0 radical (unpaired) electrons. The van der Waals surface area contributed by atoms with Crippen molar-refractivity contribution >= 4 is 11.0 Å². The average Bonchev–Trinajstić information content (AvgIpc) is 2.58. The number of fused-ring (bicyclic) bond motifs is 1. The lowest BCUT2D eigenvalue weighted by Crippen LogP contribution is -2.40. The maximum absolute atomic E-state index is 11.9. The second kappa shape index (κ2) is 8.13. The van der Waals surface area contributed by atoms with E-state index in [1.807, 2.05) is 6.07 Å². The molecule has 0 aliphatic carbocycles. The monoisotopic (exact) mass is 344 g/mol. The average molecular weight is 344 g/mol. The van der Waals surface area contributed by atoms with Gasteiger partial charge in [0.25, 0.3) is 0 Å². The Labute approximate surface area is 149 Å². The van der Waals surface area contributed by atoms with Crippen LogP contribution < -0.4 is 10.9 Å². The van der Waals surface area contributed by atoms with Gasteiger partial charge >= 0.3 is 5.63 Å². The molecule has 0 saturated carbocycles. The van der Waals surface area contributed by atoms with Crippen LogP contribution >= 0.6 is 0 Å². The van der Waals surface area contributed by atoms with Crippen LogP contribution in [0.4, 0.5) is 0 Å². The van der Waals surface area contributed by atoms with Gasteiger partial charge < -0.3 is 14.5 Å². The molecular weight excluding hydrogens is 316 g/mol. The minimum atomic E-state index is -0.283. The molecule has 1 aliphatic rings. The first kappa shape index (κ1) is 18.1. The van der Waals surface area contributed by atoms with E-state index in [9.17, 15) is 4.79 Å². The summed E-state index contributed by atoms with van der Waals surface area (Å²) < 4.78 is 10.8. The van der Waals surface area contributed by atoms with Crippen LogP contribution in [0.1, 0.15) is 36.5 Å². The van der Waals surface area contributed by atoms with Crippen LogP contribution in [0.25, 0.3) is 11.0 Å². The molecule has 1 N–H and O–H groups in total. The lowest BCUT2D eigenvalue weighted by Gasteiger charge is -2.26. The van der Waals surface area contributed by atoms with Crippen LogP contribution in [0.15, 0.2) is 27.4 Å². The minimum absolute atomic E-state index is 0.283. The summed E-state index contributed by atoms with van der Waals surface area (Å²) in [5.41, 5.74) is 3.88. The molecule has 0 atom stereocenters. The van der Waals surface area contributed by atoms with E-state index in [0.29, 0.717) is 18.0 Å². The van der Waals surface area contributed by atoms with Crippen molar-refractivity contribution in [3.8, 4) is 0 Å². The Morgan fingerprint density at radius 1 is 1.20 bits per heavy atom. The summed E-state index contributed by atoms with van der Waals surface area (Å²) in [4.78, 5) is 14.3. The van der Waals surface area contributed by atoms with Crippen molar-refractivity contribution in [2.75, 3.05) is 39.4 Å². The van der Waals surface area contributed by atoms with Crippen LogP contribution in [0.5, 0.6) is 0 Å². The Morgan fingerprint density at radius 2 is 1.96 bits per heavy atom. The molecule has 1 saturated heterocycles. The number of hydrogen-bond acceptors (Lipinski definition) is 5. The van der Waals surface area contributed by atoms with Gasteiger partial charge in [-0.1, -0.05) is 13.8 Å². The van der Waals surface area contributed by atoms with E-state index in [2.05, 4.69) is 37.1 Å². The van der Waals surface area contributed by atoms with Gasteiger partial charge in [0, 0.05) is 44.2 Å². The Kier molecular flexibility index (Phi) is 5.89. The molecule has 1 aromatic heterocycles. The molecule has 1 aliphatic heterocycles. The van der Waals surface area contributed by atoms with Crippen LogP contribution in [0, 0.1) is 6.92 Å². The lowest BCUT2D eigenvalue weighted by atomic mass is 9.95. The molecule has 1 fully saturated rings. The third kappa shape index (κ3) is 4.48. The van der Waals surface area contributed by atoms with E-state index >= 15 is 0 Å². The molecule has 5 heteroatoms. The summed E-state index contributed by atoms with van der Waals surface area (Å²) in [7, 11) is 0. The lowest BCUT2D eigenvalue weighted by molar-refractivity contribution is 0.0384. The molecule has 3 rings (SSSR count). The third-order valence-corrected chi connectivity index (χ3v) is 4.86. The summed E-state index contributed by atoms with van der Waals surface area (Å²) in [5.74, 6) is 0.443. The number of nitrogens with one attached hydrogen (secondary N) is 1. The highest BCUT2D eigenvalue weighted by molar-refractivity contribution is 5.82. The first-order chi connectivity index (χ1) is 12.0. The van der Waals surface area contributed by atoms with Gasteiger partial charge in [-0.15, -0.1) is 0 Å². The number of morpholine rings is 1. The fourth-order valence-corrected chi connectivity index (χ4v) is 3.44. The molecule has 0 spiro atoms. The highest BCUT2D eigenvalue weighted by Crippen LogP contribution is 2.26. The van der Waals surface area contributed by atoms with Gasteiger partial charge in [-0.3, -0.25) is 4.90 Å². The van der Waals surface area contributed by atoms with E-state index in [1.54, 1.807) is 6.07 Å². The number of benzene rings is 1. The van der Waals surface area contributed by atoms with E-state index < -0.39 is 0 Å². The minimum Gasteiger partial charge on any atom is -0.423 e. The fraction of sp³-hybridized carbons (Fsp3) is 0.550. The van der Waals surface area contributed by atoms with E-state index in [-0.39, 0.29) is 5.63 Å². The maximum Gasteiger partial charge on any atom is 0.336 e. The predicted molar refractivity (Wildman–Crippen MR) is 100 cm³/mol. The smallest absolute Gasteiger partial charge is 0.336 e. The molecule has 1 aromatic carbocycles. The number of nitrogens with zero attached hydrogens (tertiary/aromatic N) is 1. The van der Waals surface area contributed by atoms with Crippen molar-refractivity contribution in [3.05, 3.63) is 45.3 Å². The van der Waals surface area contributed by atoms with E-state index in [1.165, 1.54) is 11.1 Å². The second-order valence-electron chi connectivity index (χ2n) is 7.08. The van der Waals surface area contributed by atoms with Crippen molar-refractivity contribution in [2.24, 2.45) is 0 Å². The zero-order chi connectivity index (χ0) is 17.8. The van der Waals surface area contributed by atoms with Gasteiger partial charge in [-0.25, -0.2) is 4.79 Å². The summed E-state index contributed by atoms with van der Waals surface area (Å²) in [6, 6.07) is 5.78. The molecule has 2 aromatic rings. The molecule has 136 valence electrons. The molecule has 2 heterocycles. The first-order valence-corrected chi connectivity index (χ1v) is 9.12. The summed E-state index contributed by atoms with van der Waals surface area (Å²) in [5, 5.41) is 4.50. The van der Waals surface area contributed by atoms with Crippen LogP contribution in [-0.2, 0) is 11.3 Å². The predicted octanol–water partition coefficient (Wildman–Crippen LogP) is 2.65. The quantitative estimate of drug-likeness (QED) is 0.645. The van der Waals surface area contributed by atoms with Crippen LogP contribution in [0.3, 0.4) is 0 Å². The third-order valence-electron chi connectivity index (χ3n) is 4.86. The molecule has 5 nitrogen and oxygen atoms in total. The Balaban J connectivity index is 1.73. The van der Waals surface area contributed by atoms with Gasteiger partial charge in [0.15, 0.2) is 0 Å². The van der Waals surface area contributed by atoms with E-state index in [0.717, 1.165) is 50.3 Å². The Morgan fingerprint density at radius 3 is 2.68 bits per heavy atom. The Hall–Kier alpha value is -1.69. The first-order valence-electron chi connectivity index (χ1n) is 9.12.